The molecule has 0 bridgehead atoms. The van der Waals surface area contributed by atoms with Crippen molar-refractivity contribution in [3.05, 3.63) is 35.4 Å². The zero-order valence-electron chi connectivity index (χ0n) is 11.4. The highest BCUT2D eigenvalue weighted by atomic mass is 19.4. The van der Waals surface area contributed by atoms with Gasteiger partial charge in [0, 0.05) is 32.7 Å². The normalized spacial score (nSPS) is 17.9. The number of rotatable bonds is 4. The standard InChI is InChI=1S/C14H17F3N2O2/c15-14(16,17)12-3-1-11(2-4-12)9-18-5-7-19(8-6-18)10-13(20)21/h1-4H,5-10H2,(H,20,21). The molecule has 1 heterocycles. The third-order valence-electron chi connectivity index (χ3n) is 3.51. The van der Waals surface area contributed by atoms with E-state index in [0.717, 1.165) is 17.7 Å². The molecule has 1 N–H and O–H groups in total. The molecule has 1 aliphatic rings. The van der Waals surface area contributed by atoms with Gasteiger partial charge >= 0.3 is 12.1 Å². The van der Waals surface area contributed by atoms with E-state index in [-0.39, 0.29) is 6.54 Å². The summed E-state index contributed by atoms with van der Waals surface area (Å²) in [7, 11) is 0. The molecule has 2 rings (SSSR count). The van der Waals surface area contributed by atoms with Crippen LogP contribution < -0.4 is 0 Å². The van der Waals surface area contributed by atoms with Crippen LogP contribution in [0.5, 0.6) is 0 Å². The molecule has 1 fully saturated rings. The first-order valence-electron chi connectivity index (χ1n) is 6.67. The van der Waals surface area contributed by atoms with Crippen molar-refractivity contribution in [3.8, 4) is 0 Å². The Bertz CT molecular complexity index is 480. The number of halogens is 3. The Morgan fingerprint density at radius 1 is 1.05 bits per heavy atom. The Kier molecular flexibility index (Phi) is 4.84. The Morgan fingerprint density at radius 3 is 2.05 bits per heavy atom. The summed E-state index contributed by atoms with van der Waals surface area (Å²) in [5, 5.41) is 8.71. The van der Waals surface area contributed by atoms with E-state index in [2.05, 4.69) is 4.90 Å². The zero-order chi connectivity index (χ0) is 15.5. The molecule has 0 saturated carbocycles. The average Bonchev–Trinajstić information content (AvgIpc) is 2.40. The third-order valence-corrected chi connectivity index (χ3v) is 3.51. The van der Waals surface area contributed by atoms with Gasteiger partial charge in [-0.2, -0.15) is 13.2 Å². The third kappa shape index (κ3) is 4.71. The molecule has 1 saturated heterocycles. The van der Waals surface area contributed by atoms with E-state index < -0.39 is 17.7 Å². The van der Waals surface area contributed by atoms with Crippen LogP contribution in [0.2, 0.25) is 0 Å². The summed E-state index contributed by atoms with van der Waals surface area (Å²) in [6.45, 7) is 3.37. The number of carboxylic acid groups (broad SMARTS) is 1. The predicted molar refractivity (Wildman–Crippen MR) is 70.8 cm³/mol. The van der Waals surface area contributed by atoms with Gasteiger partial charge in [0.25, 0.3) is 0 Å². The van der Waals surface area contributed by atoms with Gasteiger partial charge in [0.05, 0.1) is 12.1 Å². The maximum Gasteiger partial charge on any atom is 0.416 e. The van der Waals surface area contributed by atoms with Crippen molar-refractivity contribution in [2.45, 2.75) is 12.7 Å². The lowest BCUT2D eigenvalue weighted by atomic mass is 10.1. The van der Waals surface area contributed by atoms with E-state index in [1.54, 1.807) is 0 Å². The van der Waals surface area contributed by atoms with Crippen molar-refractivity contribution < 1.29 is 23.1 Å². The van der Waals surface area contributed by atoms with Crippen LogP contribution in [0, 0.1) is 0 Å². The number of alkyl halides is 3. The smallest absolute Gasteiger partial charge is 0.416 e. The van der Waals surface area contributed by atoms with Gasteiger partial charge in [0.2, 0.25) is 0 Å². The largest absolute Gasteiger partial charge is 0.480 e. The van der Waals surface area contributed by atoms with Gasteiger partial charge in [0.1, 0.15) is 0 Å². The molecular formula is C14H17F3N2O2. The number of benzene rings is 1. The summed E-state index contributed by atoms with van der Waals surface area (Å²) < 4.78 is 37.4. The first kappa shape index (κ1) is 15.8. The molecule has 0 aromatic heterocycles. The molecule has 0 radical (unpaired) electrons. The van der Waals surface area contributed by atoms with Crippen LogP contribution in [0.1, 0.15) is 11.1 Å². The molecule has 7 heteroatoms. The van der Waals surface area contributed by atoms with E-state index in [1.165, 1.54) is 12.1 Å². The molecule has 0 unspecified atom stereocenters. The Hall–Kier alpha value is -1.60. The Morgan fingerprint density at radius 2 is 1.57 bits per heavy atom. The van der Waals surface area contributed by atoms with Gasteiger partial charge in [-0.3, -0.25) is 14.6 Å². The van der Waals surface area contributed by atoms with Crippen molar-refractivity contribution in [2.75, 3.05) is 32.7 Å². The number of hydrogen-bond donors (Lipinski definition) is 1. The van der Waals surface area contributed by atoms with Gasteiger partial charge < -0.3 is 5.11 Å². The summed E-state index contributed by atoms with van der Waals surface area (Å²) in [6.07, 6.45) is -4.30. The predicted octanol–water partition coefficient (Wildman–Crippen LogP) is 1.91. The minimum Gasteiger partial charge on any atom is -0.480 e. The van der Waals surface area contributed by atoms with Gasteiger partial charge in [-0.05, 0) is 17.7 Å². The fourth-order valence-corrected chi connectivity index (χ4v) is 2.35. The number of piperazine rings is 1. The number of hydrogen-bond acceptors (Lipinski definition) is 3. The SMILES string of the molecule is O=C(O)CN1CCN(Cc2ccc(C(F)(F)F)cc2)CC1. The fourth-order valence-electron chi connectivity index (χ4n) is 2.35. The van der Waals surface area contributed by atoms with Crippen LogP contribution in [0.3, 0.4) is 0 Å². The molecule has 0 spiro atoms. The van der Waals surface area contributed by atoms with Crippen molar-refractivity contribution in [1.82, 2.24) is 9.80 Å². The molecule has 0 atom stereocenters. The van der Waals surface area contributed by atoms with Crippen molar-refractivity contribution >= 4 is 5.97 Å². The number of carboxylic acids is 1. The lowest BCUT2D eigenvalue weighted by molar-refractivity contribution is -0.139. The molecular weight excluding hydrogens is 285 g/mol. The van der Waals surface area contributed by atoms with Crippen molar-refractivity contribution in [2.24, 2.45) is 0 Å². The molecule has 0 aliphatic carbocycles. The minimum absolute atomic E-state index is 0.0358. The van der Waals surface area contributed by atoms with Gasteiger partial charge in [-0.15, -0.1) is 0 Å². The lowest BCUT2D eigenvalue weighted by Gasteiger charge is -2.33. The van der Waals surface area contributed by atoms with Gasteiger partial charge in [-0.25, -0.2) is 0 Å². The highest BCUT2D eigenvalue weighted by Crippen LogP contribution is 2.29. The van der Waals surface area contributed by atoms with E-state index in [1.807, 2.05) is 4.90 Å². The maximum absolute atomic E-state index is 12.5. The molecule has 1 aromatic rings. The summed E-state index contributed by atoms with van der Waals surface area (Å²) in [5.74, 6) is -0.841. The number of nitrogens with zero attached hydrogens (tertiary/aromatic N) is 2. The second kappa shape index (κ2) is 6.44. The van der Waals surface area contributed by atoms with E-state index >= 15 is 0 Å². The molecule has 21 heavy (non-hydrogen) atoms. The van der Waals surface area contributed by atoms with E-state index in [9.17, 15) is 18.0 Å². The van der Waals surface area contributed by atoms with Crippen LogP contribution >= 0.6 is 0 Å². The highest BCUT2D eigenvalue weighted by Gasteiger charge is 2.30. The Labute approximate surface area is 120 Å². The average molecular weight is 302 g/mol. The Balaban J connectivity index is 1.85. The van der Waals surface area contributed by atoms with Crippen LogP contribution in [0.25, 0.3) is 0 Å². The summed E-state index contributed by atoms with van der Waals surface area (Å²) in [6, 6.07) is 5.17. The van der Waals surface area contributed by atoms with Gasteiger partial charge in [-0.1, -0.05) is 12.1 Å². The monoisotopic (exact) mass is 302 g/mol. The van der Waals surface area contributed by atoms with Gasteiger partial charge in [0.15, 0.2) is 0 Å². The molecule has 1 aromatic carbocycles. The number of carbonyl (C=O) groups is 1. The number of aliphatic carboxylic acids is 1. The quantitative estimate of drug-likeness (QED) is 0.923. The first-order chi connectivity index (χ1) is 9.84. The van der Waals surface area contributed by atoms with Crippen LogP contribution in [0.4, 0.5) is 13.2 Å². The minimum atomic E-state index is -4.30. The first-order valence-corrected chi connectivity index (χ1v) is 6.67. The molecule has 4 nitrogen and oxygen atoms in total. The van der Waals surface area contributed by atoms with E-state index in [4.69, 9.17) is 5.11 Å². The lowest BCUT2D eigenvalue weighted by Crippen LogP contribution is -2.47. The van der Waals surface area contributed by atoms with Crippen molar-refractivity contribution in [3.63, 3.8) is 0 Å². The maximum atomic E-state index is 12.5. The molecule has 116 valence electrons. The second-order valence-electron chi connectivity index (χ2n) is 5.14. The highest BCUT2D eigenvalue weighted by molar-refractivity contribution is 5.69. The summed E-state index contributed by atoms with van der Waals surface area (Å²) in [4.78, 5) is 14.6. The topological polar surface area (TPSA) is 43.8 Å². The van der Waals surface area contributed by atoms with E-state index in [0.29, 0.717) is 32.7 Å². The zero-order valence-corrected chi connectivity index (χ0v) is 11.4. The van der Waals surface area contributed by atoms with Crippen LogP contribution in [-0.2, 0) is 17.5 Å². The fraction of sp³-hybridized carbons (Fsp3) is 0.500. The van der Waals surface area contributed by atoms with Crippen LogP contribution in [0.15, 0.2) is 24.3 Å². The molecule has 1 aliphatic heterocycles. The van der Waals surface area contributed by atoms with Crippen molar-refractivity contribution in [1.29, 1.82) is 0 Å². The summed E-state index contributed by atoms with van der Waals surface area (Å²) >= 11 is 0. The molecule has 0 amide bonds. The van der Waals surface area contributed by atoms with Crippen LogP contribution in [-0.4, -0.2) is 53.6 Å². The summed E-state index contributed by atoms with van der Waals surface area (Å²) in [5.41, 5.74) is 0.187. The second-order valence-corrected chi connectivity index (χ2v) is 5.14.